The highest BCUT2D eigenvalue weighted by Gasteiger charge is 2.41. The van der Waals surface area contributed by atoms with Crippen LogP contribution in [0.5, 0.6) is 0 Å². The number of aryl methyl sites for hydroxylation is 1. The first kappa shape index (κ1) is 16.2. The standard InChI is InChI=1S/C16H21N3O3/c1-10-12(11(2)19-15(22)13(10)7-17)3-4-14(21)18-8-16(9-20)5-6-16/h20H,3-6,8-9H2,1-2H3,(H,18,21)(H,19,22). The van der Waals surface area contributed by atoms with Gasteiger partial charge in [0.15, 0.2) is 0 Å². The minimum atomic E-state index is -0.385. The van der Waals surface area contributed by atoms with Crippen LogP contribution in [-0.2, 0) is 11.2 Å². The third kappa shape index (κ3) is 3.37. The van der Waals surface area contributed by atoms with Crippen molar-refractivity contribution < 1.29 is 9.90 Å². The van der Waals surface area contributed by atoms with Gasteiger partial charge in [-0.3, -0.25) is 9.59 Å². The number of hydrogen-bond acceptors (Lipinski definition) is 4. The van der Waals surface area contributed by atoms with Gasteiger partial charge in [0.25, 0.3) is 5.56 Å². The number of aliphatic hydroxyl groups excluding tert-OH is 1. The summed E-state index contributed by atoms with van der Waals surface area (Å²) in [4.78, 5) is 26.2. The normalized spacial score (nSPS) is 15.2. The topological polar surface area (TPSA) is 106 Å². The number of H-pyrrole nitrogens is 1. The number of amides is 1. The average molecular weight is 303 g/mol. The first-order valence-corrected chi connectivity index (χ1v) is 7.42. The summed E-state index contributed by atoms with van der Waals surface area (Å²) < 4.78 is 0. The van der Waals surface area contributed by atoms with Crippen LogP contribution < -0.4 is 10.9 Å². The fourth-order valence-electron chi connectivity index (χ4n) is 2.60. The number of nitrogens with one attached hydrogen (secondary N) is 2. The molecule has 3 N–H and O–H groups in total. The second-order valence-corrected chi connectivity index (χ2v) is 6.10. The zero-order chi connectivity index (χ0) is 16.3. The number of nitrogens with zero attached hydrogens (tertiary/aromatic N) is 1. The maximum absolute atomic E-state index is 11.9. The van der Waals surface area contributed by atoms with Crippen LogP contribution >= 0.6 is 0 Å². The molecule has 118 valence electrons. The lowest BCUT2D eigenvalue weighted by atomic mass is 9.99. The first-order valence-electron chi connectivity index (χ1n) is 7.42. The molecular weight excluding hydrogens is 282 g/mol. The summed E-state index contributed by atoms with van der Waals surface area (Å²) in [6.07, 6.45) is 2.67. The summed E-state index contributed by atoms with van der Waals surface area (Å²) in [6, 6.07) is 1.91. The lowest BCUT2D eigenvalue weighted by Gasteiger charge is -2.14. The van der Waals surface area contributed by atoms with Crippen LogP contribution in [0.1, 0.15) is 41.6 Å². The summed E-state index contributed by atoms with van der Waals surface area (Å²) in [5.41, 5.74) is 1.80. The lowest BCUT2D eigenvalue weighted by Crippen LogP contribution is -2.32. The van der Waals surface area contributed by atoms with Crippen LogP contribution in [0.2, 0.25) is 0 Å². The van der Waals surface area contributed by atoms with Gasteiger partial charge >= 0.3 is 0 Å². The molecule has 1 aliphatic rings. The summed E-state index contributed by atoms with van der Waals surface area (Å²) >= 11 is 0. The van der Waals surface area contributed by atoms with Crippen molar-refractivity contribution in [3.63, 3.8) is 0 Å². The zero-order valence-electron chi connectivity index (χ0n) is 13.0. The van der Waals surface area contributed by atoms with E-state index in [0.29, 0.717) is 30.6 Å². The number of aromatic amines is 1. The molecule has 0 saturated heterocycles. The number of pyridine rings is 1. The molecule has 1 aliphatic carbocycles. The smallest absolute Gasteiger partial charge is 0.266 e. The Morgan fingerprint density at radius 3 is 2.68 bits per heavy atom. The minimum Gasteiger partial charge on any atom is -0.396 e. The van der Waals surface area contributed by atoms with E-state index >= 15 is 0 Å². The molecule has 0 radical (unpaired) electrons. The quantitative estimate of drug-likeness (QED) is 0.718. The fourth-order valence-corrected chi connectivity index (χ4v) is 2.60. The first-order chi connectivity index (χ1) is 10.4. The van der Waals surface area contributed by atoms with E-state index in [2.05, 4.69) is 10.3 Å². The molecule has 0 bridgehead atoms. The highest BCUT2D eigenvalue weighted by Crippen LogP contribution is 2.44. The van der Waals surface area contributed by atoms with Gasteiger partial charge in [-0.2, -0.15) is 5.26 Å². The maximum Gasteiger partial charge on any atom is 0.266 e. The lowest BCUT2D eigenvalue weighted by molar-refractivity contribution is -0.121. The van der Waals surface area contributed by atoms with Gasteiger partial charge < -0.3 is 15.4 Å². The predicted molar refractivity (Wildman–Crippen MR) is 81.3 cm³/mol. The van der Waals surface area contributed by atoms with Crippen molar-refractivity contribution in [2.45, 2.75) is 39.5 Å². The van der Waals surface area contributed by atoms with Gasteiger partial charge in [-0.1, -0.05) is 0 Å². The van der Waals surface area contributed by atoms with E-state index in [0.717, 1.165) is 18.4 Å². The molecule has 0 unspecified atom stereocenters. The van der Waals surface area contributed by atoms with E-state index in [4.69, 9.17) is 5.26 Å². The van der Waals surface area contributed by atoms with Crippen LogP contribution in [0, 0.1) is 30.6 Å². The van der Waals surface area contributed by atoms with Crippen LogP contribution in [-0.4, -0.2) is 29.1 Å². The predicted octanol–water partition coefficient (Wildman–Crippen LogP) is 0.685. The highest BCUT2D eigenvalue weighted by atomic mass is 16.3. The summed E-state index contributed by atoms with van der Waals surface area (Å²) in [7, 11) is 0. The Morgan fingerprint density at radius 1 is 1.45 bits per heavy atom. The molecule has 2 rings (SSSR count). The Kier molecular flexibility index (Phi) is 4.67. The number of rotatable bonds is 6. The van der Waals surface area contributed by atoms with Crippen molar-refractivity contribution in [2.24, 2.45) is 5.41 Å². The fraction of sp³-hybridized carbons (Fsp3) is 0.562. The number of hydrogen-bond donors (Lipinski definition) is 3. The number of carbonyl (C=O) groups excluding carboxylic acids is 1. The molecule has 0 aliphatic heterocycles. The Hall–Kier alpha value is -2.13. The Balaban J connectivity index is 1.98. The van der Waals surface area contributed by atoms with E-state index in [1.807, 2.05) is 6.07 Å². The molecular formula is C16H21N3O3. The largest absolute Gasteiger partial charge is 0.396 e. The van der Waals surface area contributed by atoms with E-state index in [1.54, 1.807) is 13.8 Å². The Bertz CT molecular complexity index is 681. The Morgan fingerprint density at radius 2 is 2.14 bits per heavy atom. The van der Waals surface area contributed by atoms with Crippen molar-refractivity contribution >= 4 is 5.91 Å². The van der Waals surface area contributed by atoms with Gasteiger partial charge in [0.05, 0.1) is 6.61 Å². The van der Waals surface area contributed by atoms with Gasteiger partial charge in [0.1, 0.15) is 11.6 Å². The van der Waals surface area contributed by atoms with Crippen molar-refractivity contribution in [3.05, 3.63) is 32.7 Å². The molecule has 1 aromatic rings. The van der Waals surface area contributed by atoms with Crippen LogP contribution in [0.4, 0.5) is 0 Å². The van der Waals surface area contributed by atoms with Crippen LogP contribution in [0.15, 0.2) is 4.79 Å². The molecule has 0 atom stereocenters. The van der Waals surface area contributed by atoms with Gasteiger partial charge in [-0.05, 0) is 44.2 Å². The zero-order valence-corrected chi connectivity index (χ0v) is 13.0. The van der Waals surface area contributed by atoms with E-state index < -0.39 is 0 Å². The number of aromatic nitrogens is 1. The van der Waals surface area contributed by atoms with Crippen LogP contribution in [0.3, 0.4) is 0 Å². The summed E-state index contributed by atoms with van der Waals surface area (Å²) in [5, 5.41) is 21.1. The summed E-state index contributed by atoms with van der Waals surface area (Å²) in [6.45, 7) is 4.12. The average Bonchev–Trinajstić information content (AvgIpc) is 3.25. The second kappa shape index (κ2) is 6.32. The van der Waals surface area contributed by atoms with Crippen molar-refractivity contribution in [1.82, 2.24) is 10.3 Å². The van der Waals surface area contributed by atoms with Gasteiger partial charge in [-0.15, -0.1) is 0 Å². The van der Waals surface area contributed by atoms with Crippen molar-refractivity contribution in [2.75, 3.05) is 13.2 Å². The molecule has 6 heteroatoms. The molecule has 0 aromatic carbocycles. The van der Waals surface area contributed by atoms with Crippen LogP contribution in [0.25, 0.3) is 0 Å². The number of nitriles is 1. The number of aliphatic hydroxyl groups is 1. The van der Waals surface area contributed by atoms with E-state index in [1.165, 1.54) is 0 Å². The van der Waals surface area contributed by atoms with Gasteiger partial charge in [0.2, 0.25) is 5.91 Å². The number of carbonyl (C=O) groups is 1. The second-order valence-electron chi connectivity index (χ2n) is 6.10. The third-order valence-corrected chi connectivity index (χ3v) is 4.48. The van der Waals surface area contributed by atoms with E-state index in [9.17, 15) is 14.7 Å². The molecule has 1 saturated carbocycles. The maximum atomic E-state index is 11.9. The molecule has 1 aromatic heterocycles. The molecule has 1 heterocycles. The molecule has 22 heavy (non-hydrogen) atoms. The molecule has 1 fully saturated rings. The summed E-state index contributed by atoms with van der Waals surface area (Å²) in [5.74, 6) is -0.0803. The van der Waals surface area contributed by atoms with Crippen molar-refractivity contribution in [1.29, 1.82) is 5.26 Å². The molecule has 1 amide bonds. The molecule has 6 nitrogen and oxygen atoms in total. The van der Waals surface area contributed by atoms with Crippen molar-refractivity contribution in [3.8, 4) is 6.07 Å². The monoisotopic (exact) mass is 303 g/mol. The minimum absolute atomic E-state index is 0.0803. The Labute approximate surface area is 129 Å². The molecule has 0 spiro atoms. The van der Waals surface area contributed by atoms with E-state index in [-0.39, 0.29) is 29.1 Å². The van der Waals surface area contributed by atoms with Gasteiger partial charge in [-0.25, -0.2) is 0 Å². The SMILES string of the molecule is Cc1[nH]c(=O)c(C#N)c(C)c1CCC(=O)NCC1(CO)CC1. The third-order valence-electron chi connectivity index (χ3n) is 4.48. The highest BCUT2D eigenvalue weighted by molar-refractivity contribution is 5.76. The van der Waals surface area contributed by atoms with Gasteiger partial charge in [0, 0.05) is 24.1 Å².